The number of β-amino-alcohol motifs (C(OH)–C–C–N with tert-alkyl or cyclic N) is 1. The van der Waals surface area contributed by atoms with Gasteiger partial charge in [-0.1, -0.05) is 61.3 Å². The van der Waals surface area contributed by atoms with Gasteiger partial charge in [-0.25, -0.2) is 44.9 Å². The summed E-state index contributed by atoms with van der Waals surface area (Å²) in [7, 11) is 0. The van der Waals surface area contributed by atoms with Gasteiger partial charge in [0, 0.05) is 125 Å². The van der Waals surface area contributed by atoms with Crippen molar-refractivity contribution in [2.45, 2.75) is 94.9 Å². The van der Waals surface area contributed by atoms with Crippen LogP contribution in [0.3, 0.4) is 0 Å². The van der Waals surface area contributed by atoms with E-state index in [2.05, 4.69) is 147 Å². The van der Waals surface area contributed by atoms with Crippen LogP contribution in [0.4, 0.5) is 52.1 Å². The number of thiazole rings is 1. The number of nitrogens with zero attached hydrogens (tertiary/aromatic N) is 23. The number of likely N-dealkylation sites (tertiary alicyclic amines) is 3. The summed E-state index contributed by atoms with van der Waals surface area (Å²) in [5, 5.41) is 105. The second-order valence-electron chi connectivity index (χ2n) is 34.7. The number of phenolic OH excluding ortho intramolecular Hbond substituents is 4. The lowest BCUT2D eigenvalue weighted by Crippen LogP contribution is -2.47. The number of hydrogen-bond acceptors (Lipinski definition) is 36. The molecule has 4 aliphatic rings. The van der Waals surface area contributed by atoms with Crippen LogP contribution in [0.5, 0.6) is 28.9 Å². The van der Waals surface area contributed by atoms with E-state index in [1.165, 1.54) is 49.9 Å². The van der Waals surface area contributed by atoms with Crippen molar-refractivity contribution in [3.05, 3.63) is 223 Å². The Morgan fingerprint density at radius 3 is 1.16 bits per heavy atom. The highest BCUT2D eigenvalue weighted by Crippen LogP contribution is 2.40. The second kappa shape index (κ2) is 48.2. The van der Waals surface area contributed by atoms with Gasteiger partial charge < -0.3 is 71.6 Å². The van der Waals surface area contributed by atoms with E-state index < -0.39 is 0 Å². The highest BCUT2D eigenvalue weighted by Gasteiger charge is 2.25. The van der Waals surface area contributed by atoms with Gasteiger partial charge in [0.15, 0.2) is 5.13 Å². The minimum absolute atomic E-state index is 0. The van der Waals surface area contributed by atoms with E-state index in [-0.39, 0.29) is 56.3 Å². The number of amides is 2. The molecule has 8 aromatic heterocycles. The standard InChI is InChI=1S/C26H26ClN7O2.C25H27ClN8O2.C25H26ClN7O2.C24H24ClN7O2S.2CH4/c1-16-12-17(20-14-19(35)5-6-21(20)27)13-23-24(16)31-26(33-32-23)30-18-4-7-22(29-15-18)25(36)28-8-11-34-9-2-3-10-34;1-15-11-17(19-13-18(36)3-4-20(19)26)12-21-24(15)30-25(32-31-21)29-22-14-23(28-16(2)27-22)34-7-5-33(6-8-34)9-10-35;1-15-11-17(19-13-18(34)5-6-20(19)26)12-21-24(15)30-25(32-31-21)29-22-14-23(28-16(2)27-22)35-10-9-33-7-3-4-8-33;1-14-10-15(17-12-16(33)4-5-18(17)25)11-19-21(14)28-23(31-30-19)29-24-27-20(13-35-24)22(34)26-6-9-32-7-2-3-8-32;;/h4-7,12-15,35H,2-3,8-11H2,1H3,(H,28,36)(H,30,31,33);3-4,11-14,35-36H,5-10H2,1-2H3,(H,27,28,29,30,32);5-6,11-14,34H,3-4,7-10H2,1-2H3,(H,27,28,29,30,32);4-5,10-13,33H,2-3,6-9H2,1H3,(H,26,34)(H,27,28,29,31);2*1H4. The fourth-order valence-corrected chi connectivity index (χ4v) is 18.6. The highest BCUT2D eigenvalue weighted by atomic mass is 35.5. The van der Waals surface area contributed by atoms with E-state index in [4.69, 9.17) is 56.2 Å². The van der Waals surface area contributed by atoms with Crippen molar-refractivity contribution in [2.75, 3.05) is 144 Å². The summed E-state index contributed by atoms with van der Waals surface area (Å²) in [4.78, 5) is 81.4. The fourth-order valence-electron chi connectivity index (χ4n) is 17.0. The monoisotopic (exact) mass is 2040 g/mol. The number of aromatic hydroxyl groups is 4. The summed E-state index contributed by atoms with van der Waals surface area (Å²) in [6.07, 6.45) is 9.00. The third-order valence-corrected chi connectivity index (χ3v) is 26.2. The van der Waals surface area contributed by atoms with Crippen molar-refractivity contribution in [1.29, 1.82) is 0 Å². The second-order valence-corrected chi connectivity index (χ2v) is 37.2. The van der Waals surface area contributed by atoms with Gasteiger partial charge in [0.1, 0.15) is 92.2 Å². The van der Waals surface area contributed by atoms with Gasteiger partial charge in [-0.3, -0.25) is 24.7 Å². The van der Waals surface area contributed by atoms with Gasteiger partial charge in [-0.2, -0.15) is 4.98 Å². The third-order valence-electron chi connectivity index (χ3n) is 24.2. The largest absolute Gasteiger partial charge is 0.508 e. The quantitative estimate of drug-likeness (QED) is 0.0228. The first kappa shape index (κ1) is 104. The van der Waals surface area contributed by atoms with Crippen LogP contribution in [0, 0.1) is 41.5 Å². The Kier molecular flexibility index (Phi) is 34.8. The molecule has 0 atom stereocenters. The maximum atomic E-state index is 12.4. The molecule has 0 aliphatic carbocycles. The van der Waals surface area contributed by atoms with Crippen molar-refractivity contribution in [3.8, 4) is 73.4 Å². The number of aryl methyl sites for hydroxylation is 6. The van der Waals surface area contributed by atoms with Crippen LogP contribution in [0.15, 0.2) is 157 Å². The van der Waals surface area contributed by atoms with Crippen LogP contribution in [-0.2, 0) is 0 Å². The Balaban J connectivity index is 0.000000144. The van der Waals surface area contributed by atoms with E-state index in [1.807, 2.05) is 96.1 Å². The van der Waals surface area contributed by atoms with Gasteiger partial charge in [0.2, 0.25) is 29.7 Å². The predicted molar refractivity (Wildman–Crippen MR) is 566 cm³/mol. The SMILES string of the molecule is C.C.Cc1cc(-c2cc(O)ccc2Cl)cc2nnc(Nc3ccc(C(=O)NCCN4CCCC4)nc3)nc12.Cc1cc(-c2cc(O)ccc2Cl)cc2nnc(Nc3nc(C(=O)NCCN4CCCC4)cs3)nc12.Cc1nc(Nc2nnc3cc(-c4cc(O)ccc4Cl)cc(C)c3n2)cc(N2CCN(CCO)CC2)n1.Cc1nc(Nc2nnc3cc(-c4cc(O)ccc4Cl)cc(C)c3n2)cc(OCCN2CCCC2)n1. The molecule has 42 heteroatoms. The van der Waals surface area contributed by atoms with Crippen LogP contribution in [0.2, 0.25) is 20.1 Å². The molecular formula is C102H111Cl4N29O8S. The van der Waals surface area contributed by atoms with Crippen molar-refractivity contribution < 1.29 is 39.9 Å². The van der Waals surface area contributed by atoms with Crippen LogP contribution in [0.1, 0.15) is 108 Å². The lowest BCUT2D eigenvalue weighted by Gasteiger charge is -2.35. The van der Waals surface area contributed by atoms with Gasteiger partial charge >= 0.3 is 0 Å². The van der Waals surface area contributed by atoms with Crippen LogP contribution < -0.4 is 41.5 Å². The Bertz CT molecular complexity index is 7280. The van der Waals surface area contributed by atoms with Crippen LogP contribution in [-0.4, -0.2) is 266 Å². The van der Waals surface area contributed by atoms with Crippen molar-refractivity contribution >= 4 is 166 Å². The zero-order chi connectivity index (χ0) is 99.0. The number of anilines is 9. The highest BCUT2D eigenvalue weighted by molar-refractivity contribution is 7.14. The average molecular weight is 2050 g/mol. The number of halogens is 4. The first-order valence-electron chi connectivity index (χ1n) is 46.5. The number of ether oxygens (including phenoxy) is 1. The third kappa shape index (κ3) is 26.8. The number of fused-ring (bicyclic) bond motifs is 4. The smallest absolute Gasteiger partial charge is 0.270 e. The zero-order valence-corrected chi connectivity index (χ0v) is 82.5. The molecule has 0 saturated carbocycles. The van der Waals surface area contributed by atoms with Crippen molar-refractivity contribution in [1.82, 2.24) is 121 Å². The topological polar surface area (TPSA) is 465 Å². The number of aromatic nitrogens is 18. The first-order chi connectivity index (χ1) is 68.7. The molecule has 11 N–H and O–H groups in total. The number of hydrogen-bond donors (Lipinski definition) is 11. The summed E-state index contributed by atoms with van der Waals surface area (Å²) in [5.74, 6) is 5.15. The number of benzene rings is 8. The molecule has 8 aromatic carbocycles. The number of nitrogens with one attached hydrogen (secondary N) is 6. The number of pyridine rings is 1. The van der Waals surface area contributed by atoms with E-state index in [1.54, 1.807) is 103 Å². The Hall–Kier alpha value is -14.3. The summed E-state index contributed by atoms with van der Waals surface area (Å²) < 4.78 is 5.87. The Morgan fingerprint density at radius 1 is 0.382 bits per heavy atom. The molecule has 20 rings (SSSR count). The molecule has 144 heavy (non-hydrogen) atoms. The lowest BCUT2D eigenvalue weighted by atomic mass is 10.0. The minimum atomic E-state index is -0.194. The molecule has 4 fully saturated rings. The number of aliphatic hydroxyl groups is 1. The van der Waals surface area contributed by atoms with Crippen molar-refractivity contribution in [3.63, 3.8) is 0 Å². The number of piperazine rings is 1. The van der Waals surface area contributed by atoms with Gasteiger partial charge in [-0.05, 0) is 297 Å². The van der Waals surface area contributed by atoms with Gasteiger partial charge in [0.25, 0.3) is 11.8 Å². The van der Waals surface area contributed by atoms with E-state index in [9.17, 15) is 30.0 Å². The van der Waals surface area contributed by atoms with E-state index in [0.717, 1.165) is 141 Å². The number of carbonyl (C=O) groups is 2. The maximum Gasteiger partial charge on any atom is 0.270 e. The number of aliphatic hydroxyl groups excluding tert-OH is 1. The lowest BCUT2D eigenvalue weighted by molar-refractivity contribution is 0.0937. The molecule has 12 heterocycles. The summed E-state index contributed by atoms with van der Waals surface area (Å²) in [6.45, 7) is 26.8. The normalized spacial score (nSPS) is 13.8. The average Bonchev–Trinajstić information content (AvgIpc) is 1.11. The molecule has 746 valence electrons. The molecule has 4 saturated heterocycles. The first-order valence-corrected chi connectivity index (χ1v) is 48.9. The Labute approximate surface area is 855 Å². The molecule has 0 bridgehead atoms. The summed E-state index contributed by atoms with van der Waals surface area (Å²) in [6, 6.07) is 41.6. The van der Waals surface area contributed by atoms with Gasteiger partial charge in [-0.15, -0.1) is 52.1 Å². The van der Waals surface area contributed by atoms with Crippen LogP contribution in [0.25, 0.3) is 88.6 Å². The summed E-state index contributed by atoms with van der Waals surface area (Å²) in [5.41, 5.74) is 16.3. The Morgan fingerprint density at radius 2 is 0.757 bits per heavy atom. The molecule has 0 spiro atoms. The molecule has 37 nitrogen and oxygen atoms in total. The minimum Gasteiger partial charge on any atom is -0.508 e. The molecule has 2 amide bonds. The van der Waals surface area contributed by atoms with E-state index in [0.29, 0.717) is 182 Å². The van der Waals surface area contributed by atoms with Gasteiger partial charge in [0.05, 0.1) is 40.6 Å². The predicted octanol–water partition coefficient (Wildman–Crippen LogP) is 18.0. The summed E-state index contributed by atoms with van der Waals surface area (Å²) >= 11 is 26.6. The number of phenols is 4. The van der Waals surface area contributed by atoms with Crippen LogP contribution >= 0.6 is 57.7 Å². The zero-order valence-electron chi connectivity index (χ0n) is 78.6. The number of rotatable bonds is 27. The molecular weight excluding hydrogens is 1930 g/mol. The molecule has 0 radical (unpaired) electrons. The molecule has 4 aliphatic heterocycles. The van der Waals surface area contributed by atoms with Crippen molar-refractivity contribution in [2.24, 2.45) is 0 Å². The maximum absolute atomic E-state index is 12.4. The molecule has 0 unspecified atom stereocenters. The van der Waals surface area contributed by atoms with E-state index >= 15 is 0 Å². The number of carbonyl (C=O) groups excluding carboxylic acids is 2. The fraction of sp³-hybridized carbons (Fsp3) is 0.314. The molecule has 16 aromatic rings.